The smallest absolute Gasteiger partial charge is 0.141 e. The first kappa shape index (κ1) is 14.6. The molecule has 1 heterocycles. The van der Waals surface area contributed by atoms with Crippen LogP contribution in [-0.2, 0) is 6.54 Å². The van der Waals surface area contributed by atoms with Crippen LogP contribution < -0.4 is 10.6 Å². The molecule has 2 aromatic rings. The van der Waals surface area contributed by atoms with E-state index in [1.807, 2.05) is 18.2 Å². The van der Waals surface area contributed by atoms with E-state index in [0.717, 1.165) is 30.2 Å². The molecule has 0 bridgehead atoms. The standard InChI is InChI=1S/C15H17ClFN3/c1-2-8-18-14-4-3-5-15(20-14)19-10-11-6-7-13(17)12(16)9-11/h3-7,9H,2,8,10H2,1H3,(H2,18,19,20). The maximum Gasteiger partial charge on any atom is 0.141 e. The Labute approximate surface area is 123 Å². The van der Waals surface area contributed by atoms with Gasteiger partial charge in [-0.25, -0.2) is 9.37 Å². The molecule has 20 heavy (non-hydrogen) atoms. The molecular formula is C15H17ClFN3. The molecular weight excluding hydrogens is 277 g/mol. The number of halogens is 2. The van der Waals surface area contributed by atoms with E-state index >= 15 is 0 Å². The van der Waals surface area contributed by atoms with Crippen LogP contribution in [0.1, 0.15) is 18.9 Å². The molecule has 0 unspecified atom stereocenters. The van der Waals surface area contributed by atoms with Gasteiger partial charge in [0.2, 0.25) is 0 Å². The molecule has 0 saturated heterocycles. The van der Waals surface area contributed by atoms with E-state index in [2.05, 4.69) is 22.5 Å². The second kappa shape index (κ2) is 7.10. The van der Waals surface area contributed by atoms with Crippen molar-refractivity contribution in [3.8, 4) is 0 Å². The first-order valence-corrected chi connectivity index (χ1v) is 6.95. The highest BCUT2D eigenvalue weighted by Crippen LogP contribution is 2.17. The van der Waals surface area contributed by atoms with Gasteiger partial charge >= 0.3 is 0 Å². The summed E-state index contributed by atoms with van der Waals surface area (Å²) in [6.45, 7) is 3.54. The van der Waals surface area contributed by atoms with E-state index in [4.69, 9.17) is 11.6 Å². The van der Waals surface area contributed by atoms with Crippen LogP contribution in [0.4, 0.5) is 16.0 Å². The predicted octanol–water partition coefficient (Wildman–Crippen LogP) is 4.31. The molecule has 5 heteroatoms. The first-order valence-electron chi connectivity index (χ1n) is 6.57. The van der Waals surface area contributed by atoms with E-state index in [-0.39, 0.29) is 5.02 Å². The number of hydrogen-bond donors (Lipinski definition) is 2. The van der Waals surface area contributed by atoms with Crippen molar-refractivity contribution in [2.45, 2.75) is 19.9 Å². The molecule has 1 aromatic heterocycles. The average molecular weight is 294 g/mol. The highest BCUT2D eigenvalue weighted by atomic mass is 35.5. The van der Waals surface area contributed by atoms with Crippen LogP contribution >= 0.6 is 11.6 Å². The molecule has 106 valence electrons. The van der Waals surface area contributed by atoms with Gasteiger partial charge in [-0.15, -0.1) is 0 Å². The molecule has 0 amide bonds. The number of rotatable bonds is 6. The Kier molecular flexibility index (Phi) is 5.18. The number of aromatic nitrogens is 1. The molecule has 0 radical (unpaired) electrons. The molecule has 1 aromatic carbocycles. The average Bonchev–Trinajstić information content (AvgIpc) is 2.47. The van der Waals surface area contributed by atoms with Crippen molar-refractivity contribution in [2.24, 2.45) is 0 Å². The molecule has 2 rings (SSSR count). The minimum absolute atomic E-state index is 0.135. The summed E-state index contributed by atoms with van der Waals surface area (Å²) in [5, 5.41) is 6.55. The Bertz CT molecular complexity index is 575. The molecule has 3 nitrogen and oxygen atoms in total. The highest BCUT2D eigenvalue weighted by molar-refractivity contribution is 6.30. The summed E-state index contributed by atoms with van der Waals surface area (Å²) in [5.41, 5.74) is 0.908. The number of pyridine rings is 1. The molecule has 0 aliphatic heterocycles. The fourth-order valence-corrected chi connectivity index (χ4v) is 1.93. The number of nitrogens with zero attached hydrogens (tertiary/aromatic N) is 1. The van der Waals surface area contributed by atoms with Gasteiger partial charge in [0.1, 0.15) is 17.5 Å². The SMILES string of the molecule is CCCNc1cccc(NCc2ccc(F)c(Cl)c2)n1. The summed E-state index contributed by atoms with van der Waals surface area (Å²) in [5.74, 6) is 1.21. The Morgan fingerprint density at radius 1 is 1.15 bits per heavy atom. The molecule has 0 aliphatic rings. The van der Waals surface area contributed by atoms with Crippen molar-refractivity contribution < 1.29 is 4.39 Å². The van der Waals surface area contributed by atoms with Gasteiger partial charge in [-0.1, -0.05) is 30.7 Å². The third-order valence-electron chi connectivity index (χ3n) is 2.76. The lowest BCUT2D eigenvalue weighted by Gasteiger charge is -2.09. The molecule has 0 saturated carbocycles. The topological polar surface area (TPSA) is 37.0 Å². The van der Waals surface area contributed by atoms with E-state index in [1.165, 1.54) is 6.07 Å². The van der Waals surface area contributed by atoms with E-state index in [0.29, 0.717) is 6.54 Å². The number of anilines is 2. The maximum atomic E-state index is 13.1. The van der Waals surface area contributed by atoms with Crippen LogP contribution in [0.15, 0.2) is 36.4 Å². The second-order valence-electron chi connectivity index (χ2n) is 4.44. The third kappa shape index (κ3) is 4.10. The molecule has 0 atom stereocenters. The Morgan fingerprint density at radius 3 is 2.60 bits per heavy atom. The van der Waals surface area contributed by atoms with Crippen molar-refractivity contribution in [1.29, 1.82) is 0 Å². The summed E-state index contributed by atoms with van der Waals surface area (Å²) in [6.07, 6.45) is 1.05. The minimum atomic E-state index is -0.403. The van der Waals surface area contributed by atoms with Crippen molar-refractivity contribution in [1.82, 2.24) is 4.98 Å². The molecule has 0 spiro atoms. The van der Waals surface area contributed by atoms with Crippen LogP contribution in [0.5, 0.6) is 0 Å². The fourth-order valence-electron chi connectivity index (χ4n) is 1.73. The summed E-state index contributed by atoms with van der Waals surface area (Å²) in [6, 6.07) is 10.4. The lowest BCUT2D eigenvalue weighted by molar-refractivity contribution is 0.627. The summed E-state index contributed by atoms with van der Waals surface area (Å²) in [7, 11) is 0. The van der Waals surface area contributed by atoms with Crippen LogP contribution in [0, 0.1) is 5.82 Å². The Hall–Kier alpha value is -1.81. The van der Waals surface area contributed by atoms with Crippen LogP contribution in [0.2, 0.25) is 5.02 Å². The number of hydrogen-bond acceptors (Lipinski definition) is 3. The first-order chi connectivity index (χ1) is 9.69. The molecule has 0 fully saturated rings. The summed E-state index contributed by atoms with van der Waals surface area (Å²) >= 11 is 5.75. The normalized spacial score (nSPS) is 10.3. The van der Waals surface area contributed by atoms with Gasteiger partial charge in [0.15, 0.2) is 0 Å². The van der Waals surface area contributed by atoms with Gasteiger partial charge in [0.25, 0.3) is 0 Å². The second-order valence-corrected chi connectivity index (χ2v) is 4.84. The predicted molar refractivity (Wildman–Crippen MR) is 81.8 cm³/mol. The highest BCUT2D eigenvalue weighted by Gasteiger charge is 2.02. The van der Waals surface area contributed by atoms with Crippen molar-refractivity contribution in [3.63, 3.8) is 0 Å². The number of benzene rings is 1. The largest absolute Gasteiger partial charge is 0.370 e. The Morgan fingerprint density at radius 2 is 1.90 bits per heavy atom. The van der Waals surface area contributed by atoms with Gasteiger partial charge < -0.3 is 10.6 Å². The maximum absolute atomic E-state index is 13.1. The van der Waals surface area contributed by atoms with Gasteiger partial charge in [-0.3, -0.25) is 0 Å². The van der Waals surface area contributed by atoms with E-state index in [1.54, 1.807) is 12.1 Å². The zero-order chi connectivity index (χ0) is 14.4. The minimum Gasteiger partial charge on any atom is -0.370 e. The van der Waals surface area contributed by atoms with Crippen LogP contribution in [0.3, 0.4) is 0 Å². The van der Waals surface area contributed by atoms with Crippen LogP contribution in [-0.4, -0.2) is 11.5 Å². The van der Waals surface area contributed by atoms with E-state index < -0.39 is 5.82 Å². The summed E-state index contributed by atoms with van der Waals surface area (Å²) < 4.78 is 13.1. The zero-order valence-corrected chi connectivity index (χ0v) is 12.0. The fraction of sp³-hybridized carbons (Fsp3) is 0.267. The lowest BCUT2D eigenvalue weighted by Crippen LogP contribution is -2.05. The Balaban J connectivity index is 1.97. The molecule has 0 aliphatic carbocycles. The number of nitrogens with one attached hydrogen (secondary N) is 2. The monoisotopic (exact) mass is 293 g/mol. The van der Waals surface area contributed by atoms with Crippen molar-refractivity contribution in [2.75, 3.05) is 17.2 Å². The zero-order valence-electron chi connectivity index (χ0n) is 11.3. The lowest BCUT2D eigenvalue weighted by atomic mass is 10.2. The molecule has 2 N–H and O–H groups in total. The van der Waals surface area contributed by atoms with E-state index in [9.17, 15) is 4.39 Å². The van der Waals surface area contributed by atoms with Gasteiger partial charge in [-0.2, -0.15) is 0 Å². The van der Waals surface area contributed by atoms with Crippen molar-refractivity contribution in [3.05, 3.63) is 52.8 Å². The summed E-state index contributed by atoms with van der Waals surface area (Å²) in [4.78, 5) is 4.44. The van der Waals surface area contributed by atoms with Gasteiger partial charge in [-0.05, 0) is 36.2 Å². The quantitative estimate of drug-likeness (QED) is 0.833. The van der Waals surface area contributed by atoms with Crippen molar-refractivity contribution >= 4 is 23.2 Å². The van der Waals surface area contributed by atoms with Gasteiger partial charge in [0.05, 0.1) is 5.02 Å². The van der Waals surface area contributed by atoms with Gasteiger partial charge in [0, 0.05) is 13.1 Å². The third-order valence-corrected chi connectivity index (χ3v) is 3.05. The van der Waals surface area contributed by atoms with Crippen LogP contribution in [0.25, 0.3) is 0 Å².